The minimum atomic E-state index is -0.181. The number of nitrogens with zero attached hydrogens (tertiary/aromatic N) is 2. The number of aromatic nitrogens is 2. The first-order valence-electron chi connectivity index (χ1n) is 5.96. The summed E-state index contributed by atoms with van der Waals surface area (Å²) >= 11 is 5.79. The number of amides is 1. The number of imidazole rings is 1. The van der Waals surface area contributed by atoms with Gasteiger partial charge in [0, 0.05) is 36.2 Å². The van der Waals surface area contributed by atoms with Gasteiger partial charge in [0.2, 0.25) is 0 Å². The van der Waals surface area contributed by atoms with Crippen LogP contribution in [0.15, 0.2) is 36.9 Å². The fraction of sp³-hybridized carbons (Fsp3) is 0.231. The van der Waals surface area contributed by atoms with Crippen molar-refractivity contribution < 1.29 is 4.79 Å². The molecule has 0 saturated carbocycles. The van der Waals surface area contributed by atoms with Crippen molar-refractivity contribution in [2.24, 2.45) is 0 Å². The highest BCUT2D eigenvalue weighted by molar-refractivity contribution is 6.31. The van der Waals surface area contributed by atoms with Crippen LogP contribution in [0.1, 0.15) is 16.8 Å². The van der Waals surface area contributed by atoms with Gasteiger partial charge >= 0.3 is 0 Å². The largest absolute Gasteiger partial charge is 0.398 e. The maximum atomic E-state index is 11.9. The fourth-order valence-electron chi connectivity index (χ4n) is 1.72. The molecule has 1 aromatic carbocycles. The molecule has 1 amide bonds. The molecule has 1 aromatic heterocycles. The zero-order valence-corrected chi connectivity index (χ0v) is 11.1. The van der Waals surface area contributed by atoms with E-state index < -0.39 is 0 Å². The summed E-state index contributed by atoms with van der Waals surface area (Å²) in [7, 11) is 0. The van der Waals surface area contributed by atoms with Gasteiger partial charge in [-0.1, -0.05) is 11.6 Å². The van der Waals surface area contributed by atoms with E-state index in [1.807, 2.05) is 10.8 Å². The van der Waals surface area contributed by atoms with E-state index in [9.17, 15) is 4.79 Å². The van der Waals surface area contributed by atoms with Crippen molar-refractivity contribution in [3.8, 4) is 0 Å². The number of nitrogen functional groups attached to an aromatic ring is 1. The number of carbonyl (C=O) groups is 1. The average Bonchev–Trinajstić information content (AvgIpc) is 2.87. The molecule has 0 unspecified atom stereocenters. The van der Waals surface area contributed by atoms with Gasteiger partial charge in [0.1, 0.15) is 0 Å². The number of hydrogen-bond donors (Lipinski definition) is 2. The Morgan fingerprint density at radius 1 is 1.47 bits per heavy atom. The van der Waals surface area contributed by atoms with Gasteiger partial charge in [0.25, 0.3) is 5.91 Å². The zero-order valence-electron chi connectivity index (χ0n) is 10.3. The minimum absolute atomic E-state index is 0.181. The normalized spacial score (nSPS) is 10.4. The number of halogens is 1. The summed E-state index contributed by atoms with van der Waals surface area (Å²) in [6.07, 6.45) is 6.20. The predicted octanol–water partition coefficient (Wildman–Crippen LogP) is 1.94. The topological polar surface area (TPSA) is 72.9 Å². The molecule has 1 heterocycles. The Morgan fingerprint density at radius 2 is 2.32 bits per heavy atom. The lowest BCUT2D eigenvalue weighted by Gasteiger charge is -2.08. The number of anilines is 1. The van der Waals surface area contributed by atoms with Crippen molar-refractivity contribution in [1.29, 1.82) is 0 Å². The van der Waals surface area contributed by atoms with Crippen LogP contribution in [0, 0.1) is 0 Å². The Morgan fingerprint density at radius 3 is 3.00 bits per heavy atom. The lowest BCUT2D eigenvalue weighted by Crippen LogP contribution is -2.26. The number of rotatable bonds is 5. The maximum absolute atomic E-state index is 11.9. The van der Waals surface area contributed by atoms with Gasteiger partial charge in [-0.15, -0.1) is 0 Å². The summed E-state index contributed by atoms with van der Waals surface area (Å²) in [5, 5.41) is 3.35. The summed E-state index contributed by atoms with van der Waals surface area (Å²) in [5.74, 6) is -0.181. The zero-order chi connectivity index (χ0) is 13.7. The van der Waals surface area contributed by atoms with Crippen molar-refractivity contribution in [2.75, 3.05) is 12.3 Å². The Hall–Kier alpha value is -2.01. The molecule has 0 spiro atoms. The molecule has 2 rings (SSSR count). The highest BCUT2D eigenvalue weighted by Crippen LogP contribution is 2.17. The summed E-state index contributed by atoms with van der Waals surface area (Å²) in [6.45, 7) is 1.40. The van der Waals surface area contributed by atoms with Crippen molar-refractivity contribution >= 4 is 23.2 Å². The third-order valence-corrected chi connectivity index (χ3v) is 2.93. The van der Waals surface area contributed by atoms with Crippen molar-refractivity contribution in [3.05, 3.63) is 47.5 Å². The SMILES string of the molecule is Nc1cc(Cl)ccc1C(=O)NCCCn1ccnc1. The van der Waals surface area contributed by atoms with Crippen LogP contribution in [0.2, 0.25) is 5.02 Å². The second-order valence-electron chi connectivity index (χ2n) is 4.14. The molecule has 3 N–H and O–H groups in total. The van der Waals surface area contributed by atoms with Gasteiger partial charge < -0.3 is 15.6 Å². The van der Waals surface area contributed by atoms with Crippen LogP contribution in [-0.4, -0.2) is 22.0 Å². The van der Waals surface area contributed by atoms with Crippen molar-refractivity contribution in [2.45, 2.75) is 13.0 Å². The lowest BCUT2D eigenvalue weighted by molar-refractivity contribution is 0.0953. The van der Waals surface area contributed by atoms with E-state index in [-0.39, 0.29) is 5.91 Å². The van der Waals surface area contributed by atoms with E-state index in [4.69, 9.17) is 17.3 Å². The van der Waals surface area contributed by atoms with Gasteiger partial charge in [-0.3, -0.25) is 4.79 Å². The molecule has 0 aliphatic carbocycles. The maximum Gasteiger partial charge on any atom is 0.253 e. The summed E-state index contributed by atoms with van der Waals surface area (Å²) in [5.41, 5.74) is 6.59. The highest BCUT2D eigenvalue weighted by Gasteiger charge is 2.08. The minimum Gasteiger partial charge on any atom is -0.398 e. The monoisotopic (exact) mass is 278 g/mol. The first kappa shape index (κ1) is 13.4. The Bertz CT molecular complexity index is 554. The van der Waals surface area contributed by atoms with E-state index in [2.05, 4.69) is 10.3 Å². The van der Waals surface area contributed by atoms with Gasteiger partial charge in [0.15, 0.2) is 0 Å². The summed E-state index contributed by atoms with van der Waals surface area (Å²) in [4.78, 5) is 15.8. The second kappa shape index (κ2) is 6.24. The Balaban J connectivity index is 1.81. The quantitative estimate of drug-likeness (QED) is 0.648. The van der Waals surface area contributed by atoms with Crippen LogP contribution in [0.5, 0.6) is 0 Å². The first-order chi connectivity index (χ1) is 9.16. The molecule has 19 heavy (non-hydrogen) atoms. The van der Waals surface area contributed by atoms with E-state index in [0.29, 0.717) is 22.8 Å². The van der Waals surface area contributed by atoms with E-state index in [1.54, 1.807) is 30.7 Å². The summed E-state index contributed by atoms with van der Waals surface area (Å²) < 4.78 is 1.96. The molecule has 100 valence electrons. The van der Waals surface area contributed by atoms with E-state index >= 15 is 0 Å². The van der Waals surface area contributed by atoms with Crippen molar-refractivity contribution in [1.82, 2.24) is 14.9 Å². The van der Waals surface area contributed by atoms with Gasteiger partial charge in [-0.2, -0.15) is 0 Å². The molecule has 0 saturated heterocycles. The molecule has 6 heteroatoms. The Kier molecular flexibility index (Phi) is 4.41. The molecule has 0 bridgehead atoms. The third-order valence-electron chi connectivity index (χ3n) is 2.70. The standard InChI is InChI=1S/C13H15ClN4O/c14-10-2-3-11(12(15)8-10)13(19)17-4-1-6-18-7-5-16-9-18/h2-3,5,7-9H,1,4,6,15H2,(H,17,19). The van der Waals surface area contributed by atoms with Gasteiger partial charge in [0.05, 0.1) is 11.9 Å². The van der Waals surface area contributed by atoms with Crippen LogP contribution in [0.3, 0.4) is 0 Å². The number of carbonyl (C=O) groups excluding carboxylic acids is 1. The fourth-order valence-corrected chi connectivity index (χ4v) is 1.90. The van der Waals surface area contributed by atoms with Crippen LogP contribution >= 0.6 is 11.6 Å². The van der Waals surface area contributed by atoms with Crippen LogP contribution < -0.4 is 11.1 Å². The van der Waals surface area contributed by atoms with E-state index in [1.165, 1.54) is 0 Å². The Labute approximate surface area is 116 Å². The molecule has 0 atom stereocenters. The predicted molar refractivity (Wildman–Crippen MR) is 75.0 cm³/mol. The molecule has 5 nitrogen and oxygen atoms in total. The van der Waals surface area contributed by atoms with Crippen LogP contribution in [0.25, 0.3) is 0 Å². The molecule has 0 radical (unpaired) electrons. The number of benzene rings is 1. The average molecular weight is 279 g/mol. The number of nitrogens with two attached hydrogens (primary N) is 1. The molecule has 0 aliphatic heterocycles. The van der Waals surface area contributed by atoms with Gasteiger partial charge in [-0.25, -0.2) is 4.98 Å². The summed E-state index contributed by atoms with van der Waals surface area (Å²) in [6, 6.07) is 4.85. The molecule has 0 fully saturated rings. The van der Waals surface area contributed by atoms with Crippen LogP contribution in [0.4, 0.5) is 5.69 Å². The molecular weight excluding hydrogens is 264 g/mol. The third kappa shape index (κ3) is 3.72. The van der Waals surface area contributed by atoms with Crippen LogP contribution in [-0.2, 0) is 6.54 Å². The smallest absolute Gasteiger partial charge is 0.253 e. The first-order valence-corrected chi connectivity index (χ1v) is 6.33. The van der Waals surface area contributed by atoms with Gasteiger partial charge in [-0.05, 0) is 24.6 Å². The molecule has 0 aliphatic rings. The number of aryl methyl sites for hydroxylation is 1. The number of nitrogens with one attached hydrogen (secondary N) is 1. The number of hydrogen-bond acceptors (Lipinski definition) is 3. The molecular formula is C13H15ClN4O. The highest BCUT2D eigenvalue weighted by atomic mass is 35.5. The van der Waals surface area contributed by atoms with Crippen molar-refractivity contribution in [3.63, 3.8) is 0 Å². The second-order valence-corrected chi connectivity index (χ2v) is 4.58. The van der Waals surface area contributed by atoms with E-state index in [0.717, 1.165) is 13.0 Å². The lowest BCUT2D eigenvalue weighted by atomic mass is 10.1. The molecule has 2 aromatic rings.